The first-order valence-electron chi connectivity index (χ1n) is 27.6. The maximum Gasteiger partial charge on any atom is 0.322 e. The van der Waals surface area contributed by atoms with Crippen LogP contribution in [-0.4, -0.2) is 191 Å². The lowest BCUT2D eigenvalue weighted by molar-refractivity contribution is -0.139. The summed E-state index contributed by atoms with van der Waals surface area (Å²) in [5, 5.41) is 50.6. The predicted octanol–water partition coefficient (Wildman–Crippen LogP) is -7.58. The Balaban J connectivity index is 6.86. The lowest BCUT2D eigenvalue weighted by atomic mass is 9.99. The molecule has 35 nitrogen and oxygen atoms in total. The molecule has 0 rings (SSSR count). The lowest BCUT2D eigenvalue weighted by Crippen LogP contribution is -2.61. The zero-order valence-corrected chi connectivity index (χ0v) is 49.2. The van der Waals surface area contributed by atoms with Crippen LogP contribution in [0.1, 0.15) is 119 Å². The first-order valence-corrected chi connectivity index (χ1v) is 27.6. The number of carboxylic acids is 2. The first-order chi connectivity index (χ1) is 39.7. The molecule has 0 bridgehead atoms. The maximum absolute atomic E-state index is 14.3. The molecule has 0 radical (unpaired) electrons. The van der Waals surface area contributed by atoms with Crippen molar-refractivity contribution < 1.29 is 72.9 Å². The summed E-state index contributed by atoms with van der Waals surface area (Å²) in [6, 6.07) is -13.5. The fourth-order valence-corrected chi connectivity index (χ4v) is 7.92. The molecule has 9 atom stereocenters. The number of nitrogens with one attached hydrogen (secondary N) is 9. The van der Waals surface area contributed by atoms with Gasteiger partial charge in [-0.2, -0.15) is 0 Å². The third-order valence-electron chi connectivity index (χ3n) is 12.0. The minimum Gasteiger partial charge on any atom is -0.481 e. The number of carboxylic acid groups (broad SMARTS) is 2. The summed E-state index contributed by atoms with van der Waals surface area (Å²) in [5.74, 6) is -14.2. The summed E-state index contributed by atoms with van der Waals surface area (Å²) in [5.41, 5.74) is 43.9. The Morgan fingerprint density at radius 3 is 1.05 bits per heavy atom. The Labute approximate surface area is 492 Å². The van der Waals surface area contributed by atoms with Crippen LogP contribution in [-0.2, 0) is 57.5 Å². The van der Waals surface area contributed by atoms with Gasteiger partial charge < -0.3 is 109 Å². The monoisotopic (exact) mass is 1210 g/mol. The van der Waals surface area contributed by atoms with Gasteiger partial charge in [-0.1, -0.05) is 41.5 Å². The molecule has 0 aromatic heterocycles. The fourth-order valence-electron chi connectivity index (χ4n) is 7.92. The molecule has 0 aliphatic carbocycles. The standard InChI is InChI=1S/C50H92N20O15/c1-24(2)18-31(43(81)64-28(11-8-16-60-49(55)56)40(78)62-22-38(75)76)66-45(83)33(20-26(5)6)67-46(84)34(21-36(52)72)69-41(79)29(12-9-17-61-50(57)58)65-44(82)32(19-25(3)4)68-47(85)35(23-71)70-42(80)30(13-14-37(73)74)63-39(77)27(51)10-7-15-59-48(53)54/h24-35,71H,7-23,51H2,1-6H3,(H2,52,72)(H,62,78)(H,63,77)(H,64,81)(H,65,82)(H,66,83)(H,67,84)(H,68,85)(H,69,79)(H,70,80)(H,73,74)(H,75,76)(H4,53,54,59)(H4,55,56,60)(H4,57,58,61)/t27-,28-,29-,30-,31-,32-,33-,34-,35-/m0/s1. The second-order valence-electron chi connectivity index (χ2n) is 21.2. The van der Waals surface area contributed by atoms with Crippen LogP contribution in [0.2, 0.25) is 0 Å². The molecule has 0 fully saturated rings. The average Bonchev–Trinajstić information content (AvgIpc) is 3.51. The topological polar surface area (TPSA) is 619 Å². The molecule has 0 unspecified atom stereocenters. The van der Waals surface area contributed by atoms with Gasteiger partial charge in [0.05, 0.1) is 19.1 Å². The van der Waals surface area contributed by atoms with Crippen molar-refractivity contribution in [3.63, 3.8) is 0 Å². The number of aliphatic imine (C=N–C) groups is 3. The highest BCUT2D eigenvalue weighted by atomic mass is 16.4. The van der Waals surface area contributed by atoms with E-state index < -0.39 is 158 Å². The molecule has 0 spiro atoms. The molecule has 85 heavy (non-hydrogen) atoms. The van der Waals surface area contributed by atoms with E-state index in [4.69, 9.17) is 51.0 Å². The molecular formula is C50H92N20O15. The third kappa shape index (κ3) is 34.5. The summed E-state index contributed by atoms with van der Waals surface area (Å²) < 4.78 is 0. The lowest BCUT2D eigenvalue weighted by Gasteiger charge is -2.29. The molecule has 28 N–H and O–H groups in total. The van der Waals surface area contributed by atoms with E-state index in [0.717, 1.165) is 0 Å². The highest BCUT2D eigenvalue weighted by Crippen LogP contribution is 2.13. The molecule has 0 saturated heterocycles. The van der Waals surface area contributed by atoms with E-state index in [-0.39, 0.29) is 113 Å². The van der Waals surface area contributed by atoms with E-state index >= 15 is 0 Å². The van der Waals surface area contributed by atoms with Gasteiger partial charge in [0.25, 0.3) is 0 Å². The van der Waals surface area contributed by atoms with E-state index in [2.05, 4.69) is 62.8 Å². The molecular weight excluding hydrogens is 1120 g/mol. The van der Waals surface area contributed by atoms with Crippen LogP contribution in [0, 0.1) is 17.8 Å². The van der Waals surface area contributed by atoms with Crippen LogP contribution in [0.5, 0.6) is 0 Å². The van der Waals surface area contributed by atoms with Crippen molar-refractivity contribution in [2.24, 2.45) is 78.6 Å². The molecule has 0 aliphatic heterocycles. The number of hydrogen-bond acceptors (Lipinski definition) is 17. The molecule has 0 heterocycles. The van der Waals surface area contributed by atoms with Crippen molar-refractivity contribution in [1.82, 2.24) is 47.9 Å². The van der Waals surface area contributed by atoms with Gasteiger partial charge in [0.2, 0.25) is 59.1 Å². The number of guanidine groups is 3. The van der Waals surface area contributed by atoms with Gasteiger partial charge in [0.15, 0.2) is 17.9 Å². The second-order valence-corrected chi connectivity index (χ2v) is 21.2. The van der Waals surface area contributed by atoms with Gasteiger partial charge in [0, 0.05) is 26.1 Å². The number of nitrogens with zero attached hydrogens (tertiary/aromatic N) is 3. The van der Waals surface area contributed by atoms with E-state index in [1.165, 1.54) is 0 Å². The van der Waals surface area contributed by atoms with Gasteiger partial charge in [-0.05, 0) is 82.0 Å². The van der Waals surface area contributed by atoms with Crippen molar-refractivity contribution in [2.75, 3.05) is 32.8 Å². The second kappa shape index (κ2) is 40.6. The molecule has 0 aromatic rings. The molecule has 0 saturated carbocycles. The number of aliphatic hydroxyl groups is 1. The zero-order valence-electron chi connectivity index (χ0n) is 49.2. The number of aliphatic carboxylic acids is 2. The van der Waals surface area contributed by atoms with E-state index in [1.807, 2.05) is 0 Å². The summed E-state index contributed by atoms with van der Waals surface area (Å²) in [4.78, 5) is 171. The summed E-state index contributed by atoms with van der Waals surface area (Å²) >= 11 is 0. The summed E-state index contributed by atoms with van der Waals surface area (Å²) in [7, 11) is 0. The highest BCUT2D eigenvalue weighted by molar-refractivity contribution is 5.99. The first kappa shape index (κ1) is 76.4. The quantitative estimate of drug-likeness (QED) is 0.0153. The van der Waals surface area contributed by atoms with Crippen molar-refractivity contribution in [2.45, 2.75) is 173 Å². The number of primary amides is 1. The number of hydrogen-bond donors (Lipinski definition) is 20. The minimum absolute atomic E-state index is 0.00741. The number of amides is 10. The van der Waals surface area contributed by atoms with Crippen LogP contribution in [0.15, 0.2) is 15.0 Å². The van der Waals surface area contributed by atoms with Crippen LogP contribution in [0.3, 0.4) is 0 Å². The van der Waals surface area contributed by atoms with Crippen LogP contribution >= 0.6 is 0 Å². The minimum atomic E-state index is -1.81. The average molecular weight is 1210 g/mol. The van der Waals surface area contributed by atoms with Crippen molar-refractivity contribution in [3.05, 3.63) is 0 Å². The Kier molecular flexibility index (Phi) is 36.4. The van der Waals surface area contributed by atoms with Crippen LogP contribution < -0.4 is 93.7 Å². The molecule has 0 aromatic carbocycles. The van der Waals surface area contributed by atoms with Crippen LogP contribution in [0.4, 0.5) is 0 Å². The number of carbonyl (C=O) groups is 12. The summed E-state index contributed by atoms with van der Waals surface area (Å²) in [6.07, 6.45) is -1.89. The molecule has 10 amide bonds. The SMILES string of the molecule is CC(C)C[C@H](NC(=O)[C@H](CC(C)C)NC(=O)[C@H](CC(N)=O)NC(=O)[C@H](CCCN=C(N)N)NC(=O)[C@H](CC(C)C)NC(=O)[C@H](CO)NC(=O)[C@H](CCC(=O)O)NC(=O)[C@@H](N)CCCN=C(N)N)C(=O)N[C@@H](CCCN=C(N)N)C(=O)NCC(=O)O. The van der Waals surface area contributed by atoms with Crippen molar-refractivity contribution in [1.29, 1.82) is 0 Å². The van der Waals surface area contributed by atoms with Crippen LogP contribution in [0.25, 0.3) is 0 Å². The predicted molar refractivity (Wildman–Crippen MR) is 310 cm³/mol. The van der Waals surface area contributed by atoms with Gasteiger partial charge in [-0.3, -0.25) is 72.5 Å². The Hall–Kier alpha value is -8.63. The number of aliphatic hydroxyl groups excluding tert-OH is 1. The Morgan fingerprint density at radius 2 is 0.694 bits per heavy atom. The number of carbonyl (C=O) groups excluding carboxylic acids is 10. The largest absolute Gasteiger partial charge is 0.481 e. The zero-order chi connectivity index (χ0) is 65.1. The smallest absolute Gasteiger partial charge is 0.322 e. The van der Waals surface area contributed by atoms with E-state index in [9.17, 15) is 67.7 Å². The number of rotatable bonds is 43. The Bertz CT molecular complexity index is 2340. The maximum atomic E-state index is 14.3. The fraction of sp³-hybridized carbons (Fsp3) is 0.700. The number of nitrogens with two attached hydrogens (primary N) is 8. The highest BCUT2D eigenvalue weighted by Gasteiger charge is 2.36. The molecule has 35 heteroatoms. The van der Waals surface area contributed by atoms with Crippen molar-refractivity contribution >= 4 is 88.9 Å². The summed E-state index contributed by atoms with van der Waals surface area (Å²) in [6.45, 7) is 8.56. The van der Waals surface area contributed by atoms with Gasteiger partial charge >= 0.3 is 11.9 Å². The normalized spacial score (nSPS) is 14.2. The molecule has 482 valence electrons. The molecule has 0 aliphatic rings. The van der Waals surface area contributed by atoms with E-state index in [1.54, 1.807) is 41.5 Å². The van der Waals surface area contributed by atoms with Gasteiger partial charge in [-0.25, -0.2) is 0 Å². The Morgan fingerprint density at radius 1 is 0.388 bits per heavy atom. The van der Waals surface area contributed by atoms with Gasteiger partial charge in [-0.15, -0.1) is 0 Å². The van der Waals surface area contributed by atoms with E-state index in [0.29, 0.717) is 0 Å². The van der Waals surface area contributed by atoms with Crippen molar-refractivity contribution in [3.8, 4) is 0 Å². The van der Waals surface area contributed by atoms with Gasteiger partial charge in [0.1, 0.15) is 54.9 Å². The third-order valence-corrected chi connectivity index (χ3v) is 12.0.